The normalized spacial score (nSPS) is 14.0. The summed E-state index contributed by atoms with van der Waals surface area (Å²) in [6.45, 7) is 15.6. The third-order valence-corrected chi connectivity index (χ3v) is 10.1. The van der Waals surface area contributed by atoms with Crippen molar-refractivity contribution in [3.8, 4) is 28.7 Å². The van der Waals surface area contributed by atoms with E-state index < -0.39 is 29.6 Å². The number of ether oxygens (including phenoxy) is 3. The van der Waals surface area contributed by atoms with Crippen LogP contribution in [0.3, 0.4) is 0 Å². The quantitative estimate of drug-likeness (QED) is 0.0646. The van der Waals surface area contributed by atoms with Crippen LogP contribution in [-0.4, -0.2) is 40.3 Å². The number of hydrogen-bond donors (Lipinski definition) is 3. The van der Waals surface area contributed by atoms with E-state index in [-0.39, 0.29) is 44.4 Å². The Morgan fingerprint density at radius 3 is 1.92 bits per heavy atom. The van der Waals surface area contributed by atoms with Crippen molar-refractivity contribution in [2.75, 3.05) is 7.11 Å². The van der Waals surface area contributed by atoms with Crippen LogP contribution >= 0.6 is 15.9 Å². The first kappa shape index (κ1) is 37.5. The third kappa shape index (κ3) is 6.57. The molecule has 52 heavy (non-hydrogen) atoms. The Labute approximate surface area is 308 Å². The van der Waals surface area contributed by atoms with Crippen LogP contribution in [0.1, 0.15) is 59.7 Å². The summed E-state index contributed by atoms with van der Waals surface area (Å²) in [5.41, 5.74) is 4.34. The van der Waals surface area contributed by atoms with E-state index in [0.29, 0.717) is 61.0 Å². The van der Waals surface area contributed by atoms with Crippen molar-refractivity contribution in [1.29, 1.82) is 0 Å². The number of aromatic carboxylic acids is 1. The molecule has 0 aromatic heterocycles. The molecule has 0 fully saturated rings. The minimum atomic E-state index is -1.24. The smallest absolute Gasteiger partial charge is 0.344 e. The first-order chi connectivity index (χ1) is 24.5. The van der Waals surface area contributed by atoms with Gasteiger partial charge in [-0.3, -0.25) is 14.6 Å². The molecule has 1 unspecified atom stereocenters. The van der Waals surface area contributed by atoms with E-state index in [1.165, 1.54) is 19.3 Å². The molecule has 12 heteroatoms. The summed E-state index contributed by atoms with van der Waals surface area (Å²) in [6.07, 6.45) is 2.84. The molecular formula is C40H37BrO11. The lowest BCUT2D eigenvalue weighted by atomic mass is 9.93. The number of aliphatic hydroxyl groups excluding tert-OH is 1. The summed E-state index contributed by atoms with van der Waals surface area (Å²) in [5.74, 6) is -3.89. The van der Waals surface area contributed by atoms with Crippen molar-refractivity contribution >= 4 is 44.6 Å². The number of esters is 2. The van der Waals surface area contributed by atoms with Gasteiger partial charge < -0.3 is 29.5 Å². The van der Waals surface area contributed by atoms with Gasteiger partial charge in [-0.05, 0) is 116 Å². The third-order valence-electron chi connectivity index (χ3n) is 9.37. The number of rotatable bonds is 9. The highest BCUT2D eigenvalue weighted by Gasteiger charge is 2.35. The zero-order valence-electron chi connectivity index (χ0n) is 29.8. The van der Waals surface area contributed by atoms with Crippen molar-refractivity contribution in [1.82, 2.24) is 0 Å². The number of benzene rings is 4. The second-order valence-corrected chi connectivity index (χ2v) is 13.3. The molecule has 0 aliphatic heterocycles. The average Bonchev–Trinajstić information content (AvgIpc) is 3.09. The van der Waals surface area contributed by atoms with Gasteiger partial charge in [-0.25, -0.2) is 9.59 Å². The van der Waals surface area contributed by atoms with Crippen LogP contribution in [0.2, 0.25) is 0 Å². The van der Waals surface area contributed by atoms with E-state index in [1.807, 2.05) is 0 Å². The van der Waals surface area contributed by atoms with Crippen LogP contribution in [-0.2, 0) is 9.53 Å². The van der Waals surface area contributed by atoms with Gasteiger partial charge in [0.15, 0.2) is 23.2 Å². The topological polar surface area (TPSA) is 158 Å². The number of phenols is 1. The molecule has 0 bridgehead atoms. The van der Waals surface area contributed by atoms with Gasteiger partial charge in [0.05, 0.1) is 18.2 Å². The molecule has 3 N–H and O–H groups in total. The van der Waals surface area contributed by atoms with Gasteiger partial charge >= 0.3 is 17.9 Å². The minimum Gasteiger partial charge on any atom is -0.511 e. The summed E-state index contributed by atoms with van der Waals surface area (Å²) in [5, 5.41) is 32.4. The number of methoxy groups -OCH3 is 1. The van der Waals surface area contributed by atoms with Crippen LogP contribution in [0.4, 0.5) is 0 Å². The number of carbonyl (C=O) groups is 3. The Bertz CT molecular complexity index is 2220. The van der Waals surface area contributed by atoms with Crippen LogP contribution in [0.15, 0.2) is 70.6 Å². The van der Waals surface area contributed by atoms with Crippen molar-refractivity contribution in [3.05, 3.63) is 121 Å². The summed E-state index contributed by atoms with van der Waals surface area (Å²) < 4.78 is 16.9. The molecule has 0 radical (unpaired) electrons. The minimum absolute atomic E-state index is 0.000708. The molecule has 1 aliphatic rings. The molecule has 0 heterocycles. The van der Waals surface area contributed by atoms with E-state index in [4.69, 9.17) is 24.0 Å². The number of phenolic OH excluding ortho intramolecular Hbond substituents is 1. The van der Waals surface area contributed by atoms with Gasteiger partial charge in [-0.15, -0.1) is 0 Å². The molecule has 0 saturated heterocycles. The van der Waals surface area contributed by atoms with Gasteiger partial charge in [0.25, 0.3) is 0 Å². The lowest BCUT2D eigenvalue weighted by Gasteiger charge is -2.23. The van der Waals surface area contributed by atoms with Gasteiger partial charge in [-0.1, -0.05) is 30.8 Å². The van der Waals surface area contributed by atoms with Crippen molar-refractivity contribution in [2.45, 2.75) is 48.5 Å². The predicted octanol–water partition coefficient (Wildman–Crippen LogP) is 8.82. The highest BCUT2D eigenvalue weighted by Crippen LogP contribution is 2.47. The Kier molecular flexibility index (Phi) is 10.4. The van der Waals surface area contributed by atoms with E-state index >= 15 is 0 Å². The van der Waals surface area contributed by atoms with Gasteiger partial charge in [-0.2, -0.15) is 0 Å². The molecule has 270 valence electrons. The molecule has 4 aromatic carbocycles. The summed E-state index contributed by atoms with van der Waals surface area (Å²) in [7, 11) is 1.36. The summed E-state index contributed by atoms with van der Waals surface area (Å²) in [6, 6.07) is 8.60. The van der Waals surface area contributed by atoms with E-state index in [2.05, 4.69) is 22.5 Å². The van der Waals surface area contributed by atoms with Gasteiger partial charge in [0, 0.05) is 21.9 Å². The fourth-order valence-electron chi connectivity index (χ4n) is 6.21. The molecule has 5 rings (SSSR count). The van der Waals surface area contributed by atoms with Crippen LogP contribution < -0.4 is 19.2 Å². The number of fused-ring (bicyclic) bond motifs is 1. The number of aromatic hydroxyl groups is 1. The first-order valence-electron chi connectivity index (χ1n) is 16.0. The summed E-state index contributed by atoms with van der Waals surface area (Å²) >= 11 is 3.31. The Balaban J connectivity index is 1.45. The van der Waals surface area contributed by atoms with Crippen LogP contribution in [0, 0.1) is 54.4 Å². The zero-order valence-corrected chi connectivity index (χ0v) is 31.4. The Morgan fingerprint density at radius 1 is 0.750 bits per heavy atom. The number of carboxylic acids is 1. The predicted molar refractivity (Wildman–Crippen MR) is 197 cm³/mol. The largest absolute Gasteiger partial charge is 0.511 e. The van der Waals surface area contributed by atoms with Crippen molar-refractivity contribution in [2.24, 2.45) is 5.92 Å². The first-order valence-corrected chi connectivity index (χ1v) is 16.8. The number of allylic oxidation sites excluding steroid dienone is 3. The van der Waals surface area contributed by atoms with Crippen molar-refractivity contribution < 1.29 is 53.7 Å². The molecule has 0 spiro atoms. The molecule has 11 nitrogen and oxygen atoms in total. The van der Waals surface area contributed by atoms with E-state index in [0.717, 1.165) is 0 Å². The average molecular weight is 774 g/mol. The molecule has 4 aromatic rings. The van der Waals surface area contributed by atoms with Crippen LogP contribution in [0.25, 0.3) is 10.8 Å². The maximum Gasteiger partial charge on any atom is 0.344 e. The fourth-order valence-corrected chi connectivity index (χ4v) is 6.77. The number of halogens is 1. The van der Waals surface area contributed by atoms with Gasteiger partial charge in [0.2, 0.25) is 5.75 Å². The SMILES string of the molecule is C=C1C=C(O)C(C(=O)Oc2c(C)c(C)c(OOc3cc(C)c(C(=O)Oc4c(C)c(C)c(C(=O)O)c(C)c4C)c4ccccc34)c(O)c2Br)C(OC)=C1. The number of hydrogen-bond acceptors (Lipinski definition) is 10. The Hall–Kier alpha value is -5.75. The number of carboxylic acid groups (broad SMARTS) is 1. The number of aliphatic hydroxyl groups is 1. The van der Waals surface area contributed by atoms with E-state index in [9.17, 15) is 29.7 Å². The number of carbonyl (C=O) groups excluding carboxylic acids is 2. The molecular weight excluding hydrogens is 736 g/mol. The second kappa shape index (κ2) is 14.5. The molecule has 1 aliphatic carbocycles. The monoisotopic (exact) mass is 772 g/mol. The standard InChI is InChI=1S/C40H37BrO11/c1-17-14-27(42)32(29(15-17)48-9)40(47)50-36-23(7)24(8)37(34(43)33(36)41)52-51-28-16-18(2)30(26-13-11-10-12-25(26)28)39(46)49-35-21(5)19(3)31(38(44)45)20(4)22(35)6/h10-16,32,42-43H,1H2,2-9H3,(H,44,45). The van der Waals surface area contributed by atoms with Crippen LogP contribution in [0.5, 0.6) is 28.7 Å². The maximum atomic E-state index is 13.8. The molecule has 0 amide bonds. The maximum absolute atomic E-state index is 13.8. The summed E-state index contributed by atoms with van der Waals surface area (Å²) in [4.78, 5) is 50.5. The number of aryl methyl sites for hydroxylation is 1. The lowest BCUT2D eigenvalue weighted by molar-refractivity contribution is -0.138. The lowest BCUT2D eigenvalue weighted by Crippen LogP contribution is -2.27. The molecule has 1 atom stereocenters. The second-order valence-electron chi connectivity index (χ2n) is 12.5. The highest BCUT2D eigenvalue weighted by atomic mass is 79.9. The Morgan fingerprint density at radius 2 is 1.33 bits per heavy atom. The van der Waals surface area contributed by atoms with Crippen molar-refractivity contribution in [3.63, 3.8) is 0 Å². The van der Waals surface area contributed by atoms with E-state index in [1.54, 1.807) is 78.8 Å². The molecule has 0 saturated carbocycles. The fraction of sp³-hybridized carbons (Fsp3) is 0.225. The zero-order chi connectivity index (χ0) is 38.3. The van der Waals surface area contributed by atoms with Gasteiger partial charge in [0.1, 0.15) is 21.7 Å². The highest BCUT2D eigenvalue weighted by molar-refractivity contribution is 9.10.